The number of hydrogen-bond donors (Lipinski definition) is 2. The number of nitrogens with zero attached hydrogens (tertiary/aromatic N) is 1. The molecule has 0 unspecified atom stereocenters. The monoisotopic (exact) mass is 349 g/mol. The van der Waals surface area contributed by atoms with E-state index in [1.807, 2.05) is 0 Å². The molecule has 0 fully saturated rings. The third-order valence-corrected chi connectivity index (χ3v) is 4.31. The number of halogens is 1. The van der Waals surface area contributed by atoms with Gasteiger partial charge in [0.05, 0.1) is 27.6 Å². The molecule has 3 N–H and O–H groups in total. The van der Waals surface area contributed by atoms with Crippen LogP contribution in [0.2, 0.25) is 4.34 Å². The van der Waals surface area contributed by atoms with E-state index in [1.165, 1.54) is 22.1 Å². The average molecular weight is 350 g/mol. The number of nitrogens with two attached hydrogens (primary N) is 1. The topological polar surface area (TPSA) is 90.3 Å². The lowest BCUT2D eigenvalue weighted by atomic mass is 10.3. The molecule has 0 aliphatic heterocycles. The first-order valence-electron chi connectivity index (χ1n) is 6.64. The smallest absolute Gasteiger partial charge is 0.411 e. The minimum Gasteiger partial charge on any atom is -0.411 e. The third kappa shape index (κ3) is 3.46. The van der Waals surface area contributed by atoms with Crippen LogP contribution in [0.3, 0.4) is 0 Å². The molecule has 2 heterocycles. The highest BCUT2D eigenvalue weighted by molar-refractivity contribution is 7.17. The highest BCUT2D eigenvalue weighted by atomic mass is 35.5. The molecule has 23 heavy (non-hydrogen) atoms. The molecule has 118 valence electrons. The molecule has 6 nitrogen and oxygen atoms in total. The maximum absolute atomic E-state index is 11.9. The Morgan fingerprint density at radius 2 is 2.00 bits per heavy atom. The Labute approximate surface area is 140 Å². The van der Waals surface area contributed by atoms with Crippen LogP contribution in [0.1, 0.15) is 15.4 Å². The van der Waals surface area contributed by atoms with Crippen LogP contribution < -0.4 is 16.8 Å². The SMILES string of the molecule is Nc1ccc(-n2cc(CNC(=O)c3ccc(Cl)s3)oc2=O)cc1. The Balaban J connectivity index is 1.72. The lowest BCUT2D eigenvalue weighted by Gasteiger charge is -2.00. The van der Waals surface area contributed by atoms with Crippen LogP contribution in [-0.2, 0) is 6.54 Å². The second-order valence-electron chi connectivity index (χ2n) is 4.71. The van der Waals surface area contributed by atoms with Gasteiger partial charge in [-0.25, -0.2) is 9.36 Å². The van der Waals surface area contributed by atoms with Gasteiger partial charge in [-0.3, -0.25) is 4.79 Å². The summed E-state index contributed by atoms with van der Waals surface area (Å²) in [7, 11) is 0. The highest BCUT2D eigenvalue weighted by Crippen LogP contribution is 2.21. The molecule has 3 rings (SSSR count). The van der Waals surface area contributed by atoms with Crippen molar-refractivity contribution >= 4 is 34.5 Å². The van der Waals surface area contributed by atoms with Gasteiger partial charge >= 0.3 is 5.76 Å². The second kappa shape index (κ2) is 6.31. The van der Waals surface area contributed by atoms with E-state index in [0.29, 0.717) is 26.3 Å². The van der Waals surface area contributed by atoms with E-state index in [2.05, 4.69) is 5.32 Å². The summed E-state index contributed by atoms with van der Waals surface area (Å²) in [6.07, 6.45) is 1.54. The van der Waals surface area contributed by atoms with Gasteiger partial charge < -0.3 is 15.5 Å². The van der Waals surface area contributed by atoms with Crippen molar-refractivity contribution < 1.29 is 9.21 Å². The quantitative estimate of drug-likeness (QED) is 0.708. The number of nitrogens with one attached hydrogen (secondary N) is 1. The Morgan fingerprint density at radius 3 is 2.65 bits per heavy atom. The zero-order valence-corrected chi connectivity index (χ0v) is 13.4. The van der Waals surface area contributed by atoms with Gasteiger partial charge in [-0.15, -0.1) is 11.3 Å². The number of amides is 1. The van der Waals surface area contributed by atoms with Gasteiger partial charge in [0, 0.05) is 5.69 Å². The van der Waals surface area contributed by atoms with Crippen LogP contribution >= 0.6 is 22.9 Å². The lowest BCUT2D eigenvalue weighted by molar-refractivity contribution is 0.0952. The van der Waals surface area contributed by atoms with Crippen molar-refractivity contribution in [2.24, 2.45) is 0 Å². The van der Waals surface area contributed by atoms with Crippen molar-refractivity contribution in [3.05, 3.63) is 68.1 Å². The van der Waals surface area contributed by atoms with E-state index in [9.17, 15) is 9.59 Å². The third-order valence-electron chi connectivity index (χ3n) is 3.08. The van der Waals surface area contributed by atoms with Crippen molar-refractivity contribution in [3.8, 4) is 5.69 Å². The second-order valence-corrected chi connectivity index (χ2v) is 6.43. The van der Waals surface area contributed by atoms with Gasteiger partial charge in [0.25, 0.3) is 5.91 Å². The summed E-state index contributed by atoms with van der Waals surface area (Å²) in [6.45, 7) is 0.103. The van der Waals surface area contributed by atoms with Crippen LogP contribution in [0, 0.1) is 0 Å². The summed E-state index contributed by atoms with van der Waals surface area (Å²) in [5, 5.41) is 2.68. The van der Waals surface area contributed by atoms with Gasteiger partial charge in [-0.1, -0.05) is 11.6 Å². The predicted molar refractivity (Wildman–Crippen MR) is 89.2 cm³/mol. The molecule has 0 aliphatic rings. The van der Waals surface area contributed by atoms with Crippen LogP contribution in [-0.4, -0.2) is 10.5 Å². The summed E-state index contributed by atoms with van der Waals surface area (Å²) in [4.78, 5) is 24.3. The maximum Gasteiger partial charge on any atom is 0.423 e. The molecular formula is C15H12ClN3O3S. The largest absolute Gasteiger partial charge is 0.423 e. The minimum absolute atomic E-state index is 0.103. The fourth-order valence-electron chi connectivity index (χ4n) is 1.97. The van der Waals surface area contributed by atoms with Crippen molar-refractivity contribution in [3.63, 3.8) is 0 Å². The van der Waals surface area contributed by atoms with E-state index < -0.39 is 5.76 Å². The molecule has 0 saturated heterocycles. The van der Waals surface area contributed by atoms with Crippen molar-refractivity contribution in [1.29, 1.82) is 0 Å². The first-order chi connectivity index (χ1) is 11.0. The van der Waals surface area contributed by atoms with E-state index in [-0.39, 0.29) is 12.5 Å². The molecule has 0 bridgehead atoms. The molecule has 2 aromatic heterocycles. The standard InChI is InChI=1S/C15H12ClN3O3S/c16-13-6-5-12(23-13)14(20)18-7-11-8-19(15(21)22-11)10-3-1-9(17)2-4-10/h1-6,8H,7,17H2,(H,18,20). The fraction of sp³-hybridized carbons (Fsp3) is 0.0667. The van der Waals surface area contributed by atoms with E-state index in [0.717, 1.165) is 0 Å². The Kier molecular flexibility index (Phi) is 4.22. The molecule has 3 aromatic rings. The molecule has 1 aromatic carbocycles. The number of carbonyl (C=O) groups is 1. The molecule has 0 atom stereocenters. The lowest BCUT2D eigenvalue weighted by Crippen LogP contribution is -2.21. The van der Waals surface area contributed by atoms with Crippen LogP contribution in [0.4, 0.5) is 5.69 Å². The summed E-state index contributed by atoms with van der Waals surface area (Å²) < 4.78 is 7.02. The average Bonchev–Trinajstić information content (AvgIpc) is 3.12. The molecule has 0 spiro atoms. The number of aromatic nitrogens is 1. The first-order valence-corrected chi connectivity index (χ1v) is 7.83. The molecule has 0 saturated carbocycles. The van der Waals surface area contributed by atoms with Crippen LogP contribution in [0.15, 0.2) is 51.8 Å². The summed E-state index contributed by atoms with van der Waals surface area (Å²) in [5.74, 6) is -0.453. The number of oxazole rings is 1. The number of anilines is 1. The minimum atomic E-state index is -0.529. The van der Waals surface area contributed by atoms with Crippen LogP contribution in [0.5, 0.6) is 0 Å². The van der Waals surface area contributed by atoms with Gasteiger partial charge in [-0.05, 0) is 36.4 Å². The van der Waals surface area contributed by atoms with E-state index in [1.54, 1.807) is 36.4 Å². The molecule has 8 heteroatoms. The zero-order chi connectivity index (χ0) is 16.4. The van der Waals surface area contributed by atoms with E-state index in [4.69, 9.17) is 21.8 Å². The van der Waals surface area contributed by atoms with Gasteiger partial charge in [0.15, 0.2) is 0 Å². The normalized spacial score (nSPS) is 10.7. The molecule has 0 radical (unpaired) electrons. The number of nitrogen functional groups attached to an aromatic ring is 1. The summed E-state index contributed by atoms with van der Waals surface area (Å²) >= 11 is 6.97. The van der Waals surface area contributed by atoms with Crippen molar-refractivity contribution in [1.82, 2.24) is 9.88 Å². The molecular weight excluding hydrogens is 338 g/mol. The number of carbonyl (C=O) groups excluding carboxylic acids is 1. The Bertz CT molecular complexity index is 895. The first kappa shape index (κ1) is 15.4. The highest BCUT2D eigenvalue weighted by Gasteiger charge is 2.11. The van der Waals surface area contributed by atoms with Gasteiger partial charge in [0.1, 0.15) is 5.76 Å². The molecule has 0 aliphatic carbocycles. The number of hydrogen-bond acceptors (Lipinski definition) is 5. The van der Waals surface area contributed by atoms with Gasteiger partial charge in [-0.2, -0.15) is 0 Å². The van der Waals surface area contributed by atoms with Crippen molar-refractivity contribution in [2.45, 2.75) is 6.54 Å². The number of thiophene rings is 1. The Hall–Kier alpha value is -2.51. The summed E-state index contributed by atoms with van der Waals surface area (Å²) in [5.41, 5.74) is 6.86. The predicted octanol–water partition coefficient (Wildman–Crippen LogP) is 2.66. The van der Waals surface area contributed by atoms with Gasteiger partial charge in [0.2, 0.25) is 0 Å². The number of benzene rings is 1. The summed E-state index contributed by atoms with van der Waals surface area (Å²) in [6, 6.07) is 10.1. The fourth-order valence-corrected chi connectivity index (χ4v) is 2.93. The zero-order valence-electron chi connectivity index (χ0n) is 11.8. The maximum atomic E-state index is 11.9. The number of rotatable bonds is 4. The van der Waals surface area contributed by atoms with Crippen LogP contribution in [0.25, 0.3) is 5.69 Å². The van der Waals surface area contributed by atoms with E-state index >= 15 is 0 Å². The molecule has 1 amide bonds. The Morgan fingerprint density at radius 1 is 1.26 bits per heavy atom. The van der Waals surface area contributed by atoms with Crippen molar-refractivity contribution in [2.75, 3.05) is 5.73 Å².